The first kappa shape index (κ1) is 27.6. The van der Waals surface area contributed by atoms with Crippen molar-refractivity contribution in [3.63, 3.8) is 0 Å². The molecule has 4 N–H and O–H groups in total. The van der Waals surface area contributed by atoms with Gasteiger partial charge in [0.05, 0.1) is 6.07 Å². The van der Waals surface area contributed by atoms with Crippen LogP contribution in [0.2, 0.25) is 0 Å². The Morgan fingerprint density at radius 2 is 1.65 bits per heavy atom. The smallest absolute Gasteiger partial charge is 0.243 e. The maximum atomic E-state index is 13.2. The van der Waals surface area contributed by atoms with Gasteiger partial charge in [0.1, 0.15) is 18.1 Å². The zero-order chi connectivity index (χ0) is 25.7. The molecule has 9 nitrogen and oxygen atoms in total. The van der Waals surface area contributed by atoms with Gasteiger partial charge in [0, 0.05) is 17.9 Å². The van der Waals surface area contributed by atoms with E-state index in [-0.39, 0.29) is 35.5 Å². The van der Waals surface area contributed by atoms with Crippen molar-refractivity contribution in [3.05, 3.63) is 0 Å². The molecule has 9 heteroatoms. The molecule has 0 aromatic heterocycles. The van der Waals surface area contributed by atoms with Gasteiger partial charge in [-0.2, -0.15) is 5.26 Å². The molecule has 2 fully saturated rings. The number of nitriles is 1. The molecular formula is C25H41N5O4. The van der Waals surface area contributed by atoms with E-state index in [1.807, 2.05) is 20.8 Å². The number of hydrogen-bond acceptors (Lipinski definition) is 5. The van der Waals surface area contributed by atoms with Crippen LogP contribution in [0, 0.1) is 34.0 Å². The van der Waals surface area contributed by atoms with E-state index < -0.39 is 35.4 Å². The molecule has 2 rings (SSSR count). The minimum absolute atomic E-state index is 0.0741. The Morgan fingerprint density at radius 3 is 2.24 bits per heavy atom. The van der Waals surface area contributed by atoms with Crippen molar-refractivity contribution in [2.75, 3.05) is 6.54 Å². The monoisotopic (exact) mass is 475 g/mol. The first-order chi connectivity index (χ1) is 15.7. The third kappa shape index (κ3) is 8.00. The van der Waals surface area contributed by atoms with Crippen LogP contribution in [-0.4, -0.2) is 48.3 Å². The Bertz CT molecular complexity index is 821. The van der Waals surface area contributed by atoms with Gasteiger partial charge in [0.15, 0.2) is 0 Å². The lowest BCUT2D eigenvalue weighted by atomic mass is 9.84. The highest BCUT2D eigenvalue weighted by Gasteiger charge is 2.38. The summed E-state index contributed by atoms with van der Waals surface area (Å²) in [6, 6.07) is -0.354. The summed E-state index contributed by atoms with van der Waals surface area (Å²) < 4.78 is 0. The standard InChI is InChI=1S/C25H41N5O4/c1-24(2,3)12-19-22(33)28-16(13-26)11-17-15(14-27-20(17)31)9-7-8-10-18(21(32)29-19)30-23(34)25(4,5)6/h15-19H,7-12,14H2,1-6H3,(H,27,31)(H,28,33)(H,29,32)(H,30,34)/t15-,16-,17-,18-,19-/m0/s1. The van der Waals surface area contributed by atoms with Gasteiger partial charge in [-0.1, -0.05) is 54.4 Å². The molecular weight excluding hydrogens is 434 g/mol. The van der Waals surface area contributed by atoms with Crippen molar-refractivity contribution >= 4 is 23.6 Å². The highest BCUT2D eigenvalue weighted by Crippen LogP contribution is 2.29. The van der Waals surface area contributed by atoms with Gasteiger partial charge < -0.3 is 21.3 Å². The van der Waals surface area contributed by atoms with Crippen molar-refractivity contribution in [3.8, 4) is 6.07 Å². The molecule has 0 unspecified atom stereocenters. The number of fused-ring (bicyclic) bond motifs is 1. The Balaban J connectivity index is 2.32. The largest absolute Gasteiger partial charge is 0.356 e. The summed E-state index contributed by atoms with van der Waals surface area (Å²) >= 11 is 0. The Kier molecular flexibility index (Phi) is 9.09. The lowest BCUT2D eigenvalue weighted by Gasteiger charge is -2.30. The second-order valence-electron chi connectivity index (χ2n) is 11.9. The van der Waals surface area contributed by atoms with E-state index in [0.29, 0.717) is 25.8 Å². The van der Waals surface area contributed by atoms with Crippen LogP contribution in [0.25, 0.3) is 0 Å². The lowest BCUT2D eigenvalue weighted by Crippen LogP contribution is -2.56. The average molecular weight is 476 g/mol. The quantitative estimate of drug-likeness (QED) is 0.482. The number of hydrogen-bond donors (Lipinski definition) is 4. The molecule has 2 saturated heterocycles. The zero-order valence-electron chi connectivity index (χ0n) is 21.4. The maximum Gasteiger partial charge on any atom is 0.243 e. The molecule has 0 aromatic rings. The number of nitrogens with one attached hydrogen (secondary N) is 4. The van der Waals surface area contributed by atoms with E-state index in [9.17, 15) is 24.4 Å². The molecule has 34 heavy (non-hydrogen) atoms. The normalized spacial score (nSPS) is 29.6. The fourth-order valence-corrected chi connectivity index (χ4v) is 4.48. The highest BCUT2D eigenvalue weighted by molar-refractivity contribution is 5.93. The van der Waals surface area contributed by atoms with Gasteiger partial charge in [-0.05, 0) is 37.0 Å². The van der Waals surface area contributed by atoms with E-state index in [2.05, 4.69) is 27.3 Å². The molecule has 190 valence electrons. The van der Waals surface area contributed by atoms with Crippen LogP contribution in [0.3, 0.4) is 0 Å². The summed E-state index contributed by atoms with van der Waals surface area (Å²) in [6.07, 6.45) is 3.30. The van der Waals surface area contributed by atoms with Gasteiger partial charge in [-0.3, -0.25) is 19.2 Å². The average Bonchev–Trinajstić information content (AvgIpc) is 3.05. The molecule has 0 saturated carbocycles. The number of nitrogens with zero attached hydrogens (tertiary/aromatic N) is 1. The van der Waals surface area contributed by atoms with Crippen LogP contribution in [0.1, 0.15) is 80.1 Å². The Hall–Kier alpha value is -2.63. The van der Waals surface area contributed by atoms with E-state index in [1.54, 1.807) is 20.8 Å². The maximum absolute atomic E-state index is 13.2. The van der Waals surface area contributed by atoms with E-state index >= 15 is 0 Å². The van der Waals surface area contributed by atoms with Crippen molar-refractivity contribution in [1.29, 1.82) is 5.26 Å². The van der Waals surface area contributed by atoms with Crippen LogP contribution < -0.4 is 21.3 Å². The van der Waals surface area contributed by atoms with Crippen LogP contribution in [0.4, 0.5) is 0 Å². The Labute approximate surface area is 203 Å². The minimum atomic E-state index is -0.867. The Morgan fingerprint density at radius 1 is 1.00 bits per heavy atom. The van der Waals surface area contributed by atoms with Crippen LogP contribution in [0.15, 0.2) is 0 Å². The first-order valence-corrected chi connectivity index (χ1v) is 12.3. The SMILES string of the molecule is CC(C)(C)C[C@@H]1NC(=O)[C@@H](NC(=O)C(C)(C)C)CCCC[C@H]2CNC(=O)[C@H]2C[C@@H](C#N)NC1=O. The van der Waals surface area contributed by atoms with Gasteiger partial charge >= 0.3 is 0 Å². The van der Waals surface area contributed by atoms with E-state index in [1.165, 1.54) is 0 Å². The third-order valence-electron chi connectivity index (χ3n) is 6.48. The molecule has 4 amide bonds. The fourth-order valence-electron chi connectivity index (χ4n) is 4.48. The highest BCUT2D eigenvalue weighted by atomic mass is 16.2. The molecule has 0 radical (unpaired) electrons. The van der Waals surface area contributed by atoms with Crippen molar-refractivity contribution in [2.24, 2.45) is 22.7 Å². The summed E-state index contributed by atoms with van der Waals surface area (Å²) in [7, 11) is 0. The van der Waals surface area contributed by atoms with Gasteiger partial charge in [-0.25, -0.2) is 0 Å². The molecule has 2 aliphatic rings. The summed E-state index contributed by atoms with van der Waals surface area (Å²) in [6.45, 7) is 11.8. The lowest BCUT2D eigenvalue weighted by molar-refractivity contribution is -0.135. The van der Waals surface area contributed by atoms with Gasteiger partial charge in [0.2, 0.25) is 23.6 Å². The molecule has 5 atom stereocenters. The molecule has 0 aliphatic carbocycles. The number of rotatable bonds is 2. The van der Waals surface area contributed by atoms with Crippen molar-refractivity contribution < 1.29 is 19.2 Å². The molecule has 0 spiro atoms. The zero-order valence-corrected chi connectivity index (χ0v) is 21.4. The second kappa shape index (κ2) is 11.2. The molecule has 0 bridgehead atoms. The fraction of sp³-hybridized carbons (Fsp3) is 0.800. The van der Waals surface area contributed by atoms with E-state index in [0.717, 1.165) is 12.8 Å². The van der Waals surface area contributed by atoms with Crippen molar-refractivity contribution in [2.45, 2.75) is 98.2 Å². The van der Waals surface area contributed by atoms with Gasteiger partial charge in [-0.15, -0.1) is 0 Å². The predicted octanol–water partition coefficient (Wildman–Crippen LogP) is 1.77. The topological polar surface area (TPSA) is 140 Å². The summed E-state index contributed by atoms with van der Waals surface area (Å²) in [5, 5.41) is 21.0. The summed E-state index contributed by atoms with van der Waals surface area (Å²) in [5.41, 5.74) is -0.936. The molecule has 0 aromatic carbocycles. The van der Waals surface area contributed by atoms with E-state index in [4.69, 9.17) is 0 Å². The summed E-state index contributed by atoms with van der Waals surface area (Å²) in [5.74, 6) is -1.43. The minimum Gasteiger partial charge on any atom is -0.356 e. The number of amides is 4. The van der Waals surface area contributed by atoms with Crippen LogP contribution in [0.5, 0.6) is 0 Å². The molecule has 2 heterocycles. The van der Waals surface area contributed by atoms with Crippen LogP contribution in [-0.2, 0) is 19.2 Å². The predicted molar refractivity (Wildman–Crippen MR) is 128 cm³/mol. The first-order valence-electron chi connectivity index (χ1n) is 12.3. The number of carbonyl (C=O) groups excluding carboxylic acids is 4. The van der Waals surface area contributed by atoms with Gasteiger partial charge in [0.25, 0.3) is 0 Å². The van der Waals surface area contributed by atoms with Crippen molar-refractivity contribution in [1.82, 2.24) is 21.3 Å². The summed E-state index contributed by atoms with van der Waals surface area (Å²) in [4.78, 5) is 51.5. The second-order valence-corrected chi connectivity index (χ2v) is 11.9. The molecule has 2 aliphatic heterocycles. The number of carbonyl (C=O) groups is 4. The third-order valence-corrected chi connectivity index (χ3v) is 6.48. The van der Waals surface area contributed by atoms with Crippen LogP contribution >= 0.6 is 0 Å².